The number of aryl methyl sites for hydroxylation is 1. The Balaban J connectivity index is 1.57. The Labute approximate surface area is 149 Å². The lowest BCUT2D eigenvalue weighted by Crippen LogP contribution is -2.32. The Morgan fingerprint density at radius 3 is 2.48 bits per heavy atom. The molecule has 0 radical (unpaired) electrons. The van der Waals surface area contributed by atoms with Crippen molar-refractivity contribution in [1.29, 1.82) is 0 Å². The maximum absolute atomic E-state index is 12.2. The standard InChI is InChI=1S/C18H21N3O3S/c1-12-11-25-18(24)21(12)10-16(22)19-15-8-6-13(7-9-15)17(23)20-14-4-2-3-5-14/h6-9,11,14H,2-5,10H2,1H3,(H,19,22)(H,20,23). The van der Waals surface area contributed by atoms with Crippen molar-refractivity contribution in [3.05, 3.63) is 50.6 Å². The van der Waals surface area contributed by atoms with Crippen molar-refractivity contribution >= 4 is 28.8 Å². The van der Waals surface area contributed by atoms with E-state index < -0.39 is 0 Å². The molecule has 25 heavy (non-hydrogen) atoms. The average molecular weight is 359 g/mol. The predicted octanol–water partition coefficient (Wildman–Crippen LogP) is 2.53. The summed E-state index contributed by atoms with van der Waals surface area (Å²) >= 11 is 1.08. The monoisotopic (exact) mass is 359 g/mol. The van der Waals surface area contributed by atoms with Crippen LogP contribution in [-0.4, -0.2) is 22.4 Å². The number of nitrogens with zero attached hydrogens (tertiary/aromatic N) is 1. The van der Waals surface area contributed by atoms with Crippen molar-refractivity contribution in [3.8, 4) is 0 Å². The minimum Gasteiger partial charge on any atom is -0.349 e. The van der Waals surface area contributed by atoms with E-state index in [9.17, 15) is 14.4 Å². The Morgan fingerprint density at radius 1 is 1.20 bits per heavy atom. The van der Waals surface area contributed by atoms with Crippen LogP contribution in [0, 0.1) is 6.92 Å². The number of aromatic nitrogens is 1. The highest BCUT2D eigenvalue weighted by Crippen LogP contribution is 2.18. The van der Waals surface area contributed by atoms with Gasteiger partial charge in [0.2, 0.25) is 5.91 Å². The molecular formula is C18H21N3O3S. The van der Waals surface area contributed by atoms with Crippen molar-refractivity contribution in [2.75, 3.05) is 5.32 Å². The zero-order chi connectivity index (χ0) is 17.8. The van der Waals surface area contributed by atoms with Gasteiger partial charge in [0.1, 0.15) is 6.54 Å². The number of thiazole rings is 1. The highest BCUT2D eigenvalue weighted by atomic mass is 32.1. The summed E-state index contributed by atoms with van der Waals surface area (Å²) in [7, 11) is 0. The largest absolute Gasteiger partial charge is 0.349 e. The fourth-order valence-electron chi connectivity index (χ4n) is 2.98. The summed E-state index contributed by atoms with van der Waals surface area (Å²) in [6.07, 6.45) is 4.42. The second-order valence-corrected chi connectivity index (χ2v) is 7.13. The second kappa shape index (κ2) is 7.65. The molecule has 0 aliphatic heterocycles. The quantitative estimate of drug-likeness (QED) is 0.861. The number of rotatable bonds is 5. The first-order chi connectivity index (χ1) is 12.0. The van der Waals surface area contributed by atoms with E-state index in [4.69, 9.17) is 0 Å². The van der Waals surface area contributed by atoms with Gasteiger partial charge in [-0.25, -0.2) is 0 Å². The van der Waals surface area contributed by atoms with Gasteiger partial charge in [-0.05, 0) is 44.0 Å². The molecule has 1 aliphatic carbocycles. The first-order valence-electron chi connectivity index (χ1n) is 8.38. The first kappa shape index (κ1) is 17.4. The van der Waals surface area contributed by atoms with Gasteiger partial charge in [-0.15, -0.1) is 0 Å². The number of carbonyl (C=O) groups excluding carboxylic acids is 2. The van der Waals surface area contributed by atoms with Crippen LogP contribution in [0.15, 0.2) is 34.4 Å². The number of anilines is 1. The van der Waals surface area contributed by atoms with Gasteiger partial charge < -0.3 is 10.6 Å². The van der Waals surface area contributed by atoms with Gasteiger partial charge in [-0.1, -0.05) is 24.2 Å². The van der Waals surface area contributed by atoms with Crippen LogP contribution in [0.4, 0.5) is 5.69 Å². The molecule has 2 aromatic rings. The molecule has 0 atom stereocenters. The molecule has 1 saturated carbocycles. The molecule has 0 spiro atoms. The molecule has 1 aliphatic rings. The van der Waals surface area contributed by atoms with E-state index >= 15 is 0 Å². The van der Waals surface area contributed by atoms with E-state index in [2.05, 4.69) is 10.6 Å². The first-order valence-corrected chi connectivity index (χ1v) is 9.26. The number of benzene rings is 1. The Bertz CT molecular complexity index is 817. The Hall–Kier alpha value is -2.41. The molecular weight excluding hydrogens is 338 g/mol. The van der Waals surface area contributed by atoms with Crippen molar-refractivity contribution in [2.24, 2.45) is 0 Å². The summed E-state index contributed by atoms with van der Waals surface area (Å²) in [5.74, 6) is -0.350. The van der Waals surface area contributed by atoms with Crippen molar-refractivity contribution in [2.45, 2.75) is 45.2 Å². The molecule has 1 aromatic heterocycles. The van der Waals surface area contributed by atoms with E-state index in [1.54, 1.807) is 36.6 Å². The van der Waals surface area contributed by atoms with Crippen LogP contribution in [0.5, 0.6) is 0 Å². The van der Waals surface area contributed by atoms with Gasteiger partial charge in [0, 0.05) is 28.4 Å². The van der Waals surface area contributed by atoms with Crippen LogP contribution in [0.3, 0.4) is 0 Å². The molecule has 1 fully saturated rings. The molecule has 2 N–H and O–H groups in total. The van der Waals surface area contributed by atoms with Crippen LogP contribution in [0.2, 0.25) is 0 Å². The zero-order valence-electron chi connectivity index (χ0n) is 14.1. The SMILES string of the molecule is Cc1csc(=O)n1CC(=O)Nc1ccc(C(=O)NC2CCCC2)cc1. The van der Waals surface area contributed by atoms with E-state index in [0.717, 1.165) is 29.9 Å². The topological polar surface area (TPSA) is 80.2 Å². The lowest BCUT2D eigenvalue weighted by molar-refractivity contribution is -0.116. The third kappa shape index (κ3) is 4.36. The van der Waals surface area contributed by atoms with E-state index in [-0.39, 0.29) is 29.3 Å². The van der Waals surface area contributed by atoms with Crippen molar-refractivity contribution in [1.82, 2.24) is 9.88 Å². The molecule has 132 valence electrons. The molecule has 0 bridgehead atoms. The van der Waals surface area contributed by atoms with Gasteiger partial charge in [-0.3, -0.25) is 19.0 Å². The number of hydrogen-bond donors (Lipinski definition) is 2. The zero-order valence-corrected chi connectivity index (χ0v) is 14.9. The minimum atomic E-state index is -0.272. The summed E-state index contributed by atoms with van der Waals surface area (Å²) in [5, 5.41) is 7.51. The van der Waals surface area contributed by atoms with Crippen LogP contribution < -0.4 is 15.5 Å². The van der Waals surface area contributed by atoms with Crippen molar-refractivity contribution < 1.29 is 9.59 Å². The fraction of sp³-hybridized carbons (Fsp3) is 0.389. The normalized spacial score (nSPS) is 14.4. The van der Waals surface area contributed by atoms with Crippen LogP contribution >= 0.6 is 11.3 Å². The molecule has 0 saturated heterocycles. The van der Waals surface area contributed by atoms with Crippen LogP contribution in [0.25, 0.3) is 0 Å². The maximum Gasteiger partial charge on any atom is 0.307 e. The lowest BCUT2D eigenvalue weighted by atomic mass is 10.1. The van der Waals surface area contributed by atoms with E-state index in [1.807, 2.05) is 0 Å². The van der Waals surface area contributed by atoms with Gasteiger partial charge >= 0.3 is 4.87 Å². The molecule has 0 unspecified atom stereocenters. The van der Waals surface area contributed by atoms with Gasteiger partial charge in [0.05, 0.1) is 0 Å². The summed E-state index contributed by atoms with van der Waals surface area (Å²) in [6, 6.07) is 7.07. The van der Waals surface area contributed by atoms with Gasteiger partial charge in [-0.2, -0.15) is 0 Å². The lowest BCUT2D eigenvalue weighted by Gasteiger charge is -2.12. The molecule has 1 heterocycles. The highest BCUT2D eigenvalue weighted by molar-refractivity contribution is 7.07. The third-order valence-corrected chi connectivity index (χ3v) is 5.28. The molecule has 3 rings (SSSR count). The van der Waals surface area contributed by atoms with E-state index in [0.29, 0.717) is 11.3 Å². The van der Waals surface area contributed by atoms with Crippen LogP contribution in [0.1, 0.15) is 41.7 Å². The number of carbonyl (C=O) groups is 2. The molecule has 6 nitrogen and oxygen atoms in total. The maximum atomic E-state index is 12.2. The Morgan fingerprint density at radius 2 is 1.88 bits per heavy atom. The molecule has 1 aromatic carbocycles. The predicted molar refractivity (Wildman–Crippen MR) is 98.1 cm³/mol. The summed E-state index contributed by atoms with van der Waals surface area (Å²) in [5.41, 5.74) is 1.95. The third-order valence-electron chi connectivity index (χ3n) is 4.40. The van der Waals surface area contributed by atoms with Crippen molar-refractivity contribution in [3.63, 3.8) is 0 Å². The fourth-order valence-corrected chi connectivity index (χ4v) is 3.72. The summed E-state index contributed by atoms with van der Waals surface area (Å²) in [4.78, 5) is 35.8. The van der Waals surface area contributed by atoms with Crippen LogP contribution in [-0.2, 0) is 11.3 Å². The van der Waals surface area contributed by atoms with Gasteiger partial charge in [0.25, 0.3) is 5.91 Å². The Kier molecular flexibility index (Phi) is 5.33. The number of hydrogen-bond acceptors (Lipinski definition) is 4. The minimum absolute atomic E-state index is 0.0158. The second-order valence-electron chi connectivity index (χ2n) is 6.31. The molecule has 2 amide bonds. The number of nitrogens with one attached hydrogen (secondary N) is 2. The van der Waals surface area contributed by atoms with E-state index in [1.165, 1.54) is 17.4 Å². The average Bonchev–Trinajstić information content (AvgIpc) is 3.20. The van der Waals surface area contributed by atoms with Gasteiger partial charge in [0.15, 0.2) is 0 Å². The smallest absolute Gasteiger partial charge is 0.307 e. The summed E-state index contributed by atoms with van der Waals surface area (Å²) in [6.45, 7) is 1.78. The summed E-state index contributed by atoms with van der Waals surface area (Å²) < 4.78 is 1.43. The number of amides is 2. The highest BCUT2D eigenvalue weighted by Gasteiger charge is 2.18. The molecule has 7 heteroatoms.